The summed E-state index contributed by atoms with van der Waals surface area (Å²) in [6.07, 6.45) is 0. The molecule has 13 heavy (non-hydrogen) atoms. The first-order chi connectivity index (χ1) is 6.36. The van der Waals surface area contributed by atoms with Crippen LogP contribution >= 0.6 is 0 Å². The van der Waals surface area contributed by atoms with Crippen LogP contribution in [0.15, 0.2) is 0 Å². The maximum absolute atomic E-state index is 4.28. The molecule has 1 radical (unpaired) electrons. The minimum atomic E-state index is 0.832. The monoisotopic (exact) mass is 181 g/mol. The molecular formula is C7H13N6. The van der Waals surface area contributed by atoms with Crippen molar-refractivity contribution in [2.75, 3.05) is 26.2 Å². The summed E-state index contributed by atoms with van der Waals surface area (Å²) in [5.41, 5.74) is 0. The van der Waals surface area contributed by atoms with Crippen LogP contribution in [-0.2, 0) is 13.6 Å². The highest BCUT2D eigenvalue weighted by molar-refractivity contribution is 4.81. The van der Waals surface area contributed by atoms with Crippen molar-refractivity contribution in [3.05, 3.63) is 5.82 Å². The minimum absolute atomic E-state index is 0.832. The van der Waals surface area contributed by atoms with Crippen LogP contribution in [-0.4, -0.2) is 51.3 Å². The average molecular weight is 181 g/mol. The van der Waals surface area contributed by atoms with Crippen molar-refractivity contribution in [3.63, 3.8) is 0 Å². The third-order valence-electron chi connectivity index (χ3n) is 2.22. The fourth-order valence-electron chi connectivity index (χ4n) is 1.39. The zero-order valence-electron chi connectivity index (χ0n) is 7.72. The van der Waals surface area contributed by atoms with Gasteiger partial charge in [0.05, 0.1) is 6.54 Å². The second kappa shape index (κ2) is 3.80. The molecule has 1 aliphatic heterocycles. The SMILES string of the molecule is Cn1nnnc1CN1CC[N]CC1. The van der Waals surface area contributed by atoms with Crippen LogP contribution in [0.3, 0.4) is 0 Å². The fourth-order valence-corrected chi connectivity index (χ4v) is 1.39. The molecule has 0 spiro atoms. The Morgan fingerprint density at radius 2 is 2.08 bits per heavy atom. The van der Waals surface area contributed by atoms with Crippen molar-refractivity contribution in [2.45, 2.75) is 6.54 Å². The highest BCUT2D eigenvalue weighted by Gasteiger charge is 2.13. The van der Waals surface area contributed by atoms with Crippen molar-refractivity contribution >= 4 is 0 Å². The molecule has 0 atom stereocenters. The molecule has 1 aromatic rings. The molecule has 1 aromatic heterocycles. The third kappa shape index (κ3) is 2.02. The van der Waals surface area contributed by atoms with Gasteiger partial charge in [-0.3, -0.25) is 4.90 Å². The lowest BCUT2D eigenvalue weighted by Crippen LogP contribution is -2.40. The number of rotatable bonds is 2. The topological polar surface area (TPSA) is 60.9 Å². The summed E-state index contributed by atoms with van der Waals surface area (Å²) >= 11 is 0. The van der Waals surface area contributed by atoms with Crippen molar-refractivity contribution < 1.29 is 0 Å². The molecule has 2 rings (SSSR count). The molecule has 0 N–H and O–H groups in total. The van der Waals surface area contributed by atoms with Gasteiger partial charge in [0.15, 0.2) is 5.82 Å². The predicted octanol–water partition coefficient (Wildman–Crippen LogP) is -1.37. The van der Waals surface area contributed by atoms with Crippen LogP contribution in [0.4, 0.5) is 0 Å². The van der Waals surface area contributed by atoms with Crippen LogP contribution in [0.1, 0.15) is 5.82 Å². The molecule has 71 valence electrons. The lowest BCUT2D eigenvalue weighted by Gasteiger charge is -2.25. The highest BCUT2D eigenvalue weighted by atomic mass is 15.5. The van der Waals surface area contributed by atoms with Crippen molar-refractivity contribution in [1.82, 2.24) is 30.4 Å². The Balaban J connectivity index is 1.93. The van der Waals surface area contributed by atoms with Crippen LogP contribution in [0.2, 0.25) is 0 Å². The predicted molar refractivity (Wildman–Crippen MR) is 45.9 cm³/mol. The van der Waals surface area contributed by atoms with Crippen LogP contribution < -0.4 is 5.32 Å². The molecule has 1 fully saturated rings. The van der Waals surface area contributed by atoms with E-state index in [-0.39, 0.29) is 0 Å². The smallest absolute Gasteiger partial charge is 0.164 e. The molecule has 0 amide bonds. The van der Waals surface area contributed by atoms with E-state index in [0.717, 1.165) is 38.5 Å². The van der Waals surface area contributed by atoms with Gasteiger partial charge in [0, 0.05) is 33.2 Å². The number of hydrogen-bond acceptors (Lipinski definition) is 4. The van der Waals surface area contributed by atoms with Crippen LogP contribution in [0, 0.1) is 0 Å². The molecule has 2 heterocycles. The summed E-state index contributed by atoms with van der Waals surface area (Å²) in [6.45, 7) is 4.75. The maximum Gasteiger partial charge on any atom is 0.164 e. The largest absolute Gasteiger partial charge is 0.293 e. The van der Waals surface area contributed by atoms with Gasteiger partial charge in [-0.25, -0.2) is 10.00 Å². The second-order valence-electron chi connectivity index (χ2n) is 3.17. The fraction of sp³-hybridized carbons (Fsp3) is 0.857. The summed E-state index contributed by atoms with van der Waals surface area (Å²) in [5, 5.41) is 15.6. The molecule has 1 aliphatic rings. The molecule has 0 unspecified atom stereocenters. The Hall–Kier alpha value is -1.01. The number of nitrogens with zero attached hydrogens (tertiary/aromatic N) is 6. The summed E-state index contributed by atoms with van der Waals surface area (Å²) in [4.78, 5) is 2.32. The normalized spacial score (nSPS) is 19.2. The van der Waals surface area contributed by atoms with E-state index in [0.29, 0.717) is 0 Å². The van der Waals surface area contributed by atoms with Gasteiger partial charge in [-0.1, -0.05) is 0 Å². The Bertz CT molecular complexity index is 264. The standard InChI is InChI=1S/C7H13N6/c1-12-7(9-10-11-12)6-13-4-2-8-3-5-13/h2-6H2,1H3. The Morgan fingerprint density at radius 3 is 2.69 bits per heavy atom. The van der Waals surface area contributed by atoms with E-state index in [1.165, 1.54) is 0 Å². The zero-order chi connectivity index (χ0) is 9.10. The van der Waals surface area contributed by atoms with Gasteiger partial charge < -0.3 is 0 Å². The van der Waals surface area contributed by atoms with E-state index in [1.54, 1.807) is 4.68 Å². The van der Waals surface area contributed by atoms with Crippen LogP contribution in [0.5, 0.6) is 0 Å². The van der Waals surface area contributed by atoms with Crippen molar-refractivity contribution in [1.29, 1.82) is 0 Å². The van der Waals surface area contributed by atoms with E-state index in [4.69, 9.17) is 0 Å². The number of hydrogen-bond donors (Lipinski definition) is 0. The molecule has 0 aliphatic carbocycles. The molecule has 0 saturated carbocycles. The molecule has 0 aromatic carbocycles. The van der Waals surface area contributed by atoms with Gasteiger partial charge in [0.25, 0.3) is 0 Å². The van der Waals surface area contributed by atoms with Crippen molar-refractivity contribution in [3.8, 4) is 0 Å². The van der Waals surface area contributed by atoms with E-state index in [9.17, 15) is 0 Å². The van der Waals surface area contributed by atoms with Crippen molar-refractivity contribution in [2.24, 2.45) is 7.05 Å². The van der Waals surface area contributed by atoms with E-state index in [1.807, 2.05) is 7.05 Å². The minimum Gasteiger partial charge on any atom is -0.293 e. The van der Waals surface area contributed by atoms with Gasteiger partial charge in [-0.2, -0.15) is 0 Å². The summed E-state index contributed by atoms with van der Waals surface area (Å²) in [5.74, 6) is 0.918. The first-order valence-electron chi connectivity index (χ1n) is 4.43. The molecular weight excluding hydrogens is 168 g/mol. The second-order valence-corrected chi connectivity index (χ2v) is 3.17. The molecule has 0 bridgehead atoms. The summed E-state index contributed by atoms with van der Waals surface area (Å²) in [7, 11) is 1.86. The molecule has 6 heteroatoms. The van der Waals surface area contributed by atoms with Gasteiger partial charge in [-0.15, -0.1) is 5.10 Å². The summed E-state index contributed by atoms with van der Waals surface area (Å²) < 4.78 is 1.71. The Kier molecular flexibility index (Phi) is 2.51. The van der Waals surface area contributed by atoms with E-state index in [2.05, 4.69) is 25.7 Å². The quantitative estimate of drug-likeness (QED) is 0.565. The van der Waals surface area contributed by atoms with E-state index >= 15 is 0 Å². The van der Waals surface area contributed by atoms with E-state index < -0.39 is 0 Å². The first-order valence-corrected chi connectivity index (χ1v) is 4.43. The molecule has 6 nitrogen and oxygen atoms in total. The maximum atomic E-state index is 4.28. The zero-order valence-corrected chi connectivity index (χ0v) is 7.72. The first kappa shape index (κ1) is 8.58. The van der Waals surface area contributed by atoms with Gasteiger partial charge >= 0.3 is 0 Å². The van der Waals surface area contributed by atoms with Crippen LogP contribution in [0.25, 0.3) is 0 Å². The summed E-state index contributed by atoms with van der Waals surface area (Å²) in [6, 6.07) is 0. The van der Waals surface area contributed by atoms with Gasteiger partial charge in [-0.05, 0) is 10.4 Å². The number of aromatic nitrogens is 4. The van der Waals surface area contributed by atoms with Gasteiger partial charge in [0.1, 0.15) is 0 Å². The number of tetrazole rings is 1. The number of piperazine rings is 1. The Morgan fingerprint density at radius 1 is 1.31 bits per heavy atom. The third-order valence-corrected chi connectivity index (χ3v) is 2.22. The Labute approximate surface area is 76.9 Å². The number of aryl methyl sites for hydroxylation is 1. The highest BCUT2D eigenvalue weighted by Crippen LogP contribution is 2.00. The lowest BCUT2D eigenvalue weighted by atomic mass is 10.3. The average Bonchev–Trinajstić information content (AvgIpc) is 2.54. The lowest BCUT2D eigenvalue weighted by molar-refractivity contribution is 0.222. The van der Waals surface area contributed by atoms with Gasteiger partial charge in [0.2, 0.25) is 0 Å². The molecule has 1 saturated heterocycles.